The summed E-state index contributed by atoms with van der Waals surface area (Å²) in [7, 11) is 0. The molecule has 5 heteroatoms. The highest BCUT2D eigenvalue weighted by molar-refractivity contribution is 5.73. The van der Waals surface area contributed by atoms with Crippen molar-refractivity contribution in [2.45, 2.75) is 45.7 Å². The second-order valence-corrected chi connectivity index (χ2v) is 5.86. The third-order valence-corrected chi connectivity index (χ3v) is 4.30. The Labute approximate surface area is 127 Å². The molecule has 0 radical (unpaired) electrons. The lowest BCUT2D eigenvalue weighted by molar-refractivity contribution is -0.128. The summed E-state index contributed by atoms with van der Waals surface area (Å²) >= 11 is 0. The van der Waals surface area contributed by atoms with Gasteiger partial charge in [-0.15, -0.1) is 0 Å². The third kappa shape index (κ3) is 3.86. The van der Waals surface area contributed by atoms with Gasteiger partial charge >= 0.3 is 0 Å². The Morgan fingerprint density at radius 2 is 2.10 bits per heavy atom. The van der Waals surface area contributed by atoms with Gasteiger partial charge in [-0.25, -0.2) is 0 Å². The molecule has 118 valence electrons. The van der Waals surface area contributed by atoms with Crippen molar-refractivity contribution in [3.8, 4) is 0 Å². The molecule has 5 nitrogen and oxygen atoms in total. The van der Waals surface area contributed by atoms with E-state index in [2.05, 4.69) is 11.8 Å². The lowest BCUT2D eigenvalue weighted by atomic mass is 10.0. The molecule has 21 heavy (non-hydrogen) atoms. The predicted octanol–water partition coefficient (Wildman–Crippen LogP) is 1.92. The van der Waals surface area contributed by atoms with Crippen molar-refractivity contribution < 1.29 is 9.21 Å². The molecule has 2 N–H and O–H groups in total. The summed E-state index contributed by atoms with van der Waals surface area (Å²) in [6.07, 6.45) is 1.88. The Morgan fingerprint density at radius 1 is 1.33 bits per heavy atom. The summed E-state index contributed by atoms with van der Waals surface area (Å²) in [4.78, 5) is 15.8. The number of furan rings is 1. The van der Waals surface area contributed by atoms with Crippen LogP contribution in [0.25, 0.3) is 0 Å². The summed E-state index contributed by atoms with van der Waals surface area (Å²) in [5, 5.41) is 0. The minimum Gasteiger partial charge on any atom is -0.465 e. The Hall–Kier alpha value is -1.33. The molecule has 0 aromatic carbocycles. The number of amides is 1. The number of aryl methyl sites for hydroxylation is 1. The highest BCUT2D eigenvalue weighted by Crippen LogP contribution is 2.27. The minimum absolute atomic E-state index is 0.0411. The molecule has 1 amide bonds. The van der Waals surface area contributed by atoms with E-state index in [9.17, 15) is 4.79 Å². The highest BCUT2D eigenvalue weighted by Gasteiger charge is 2.30. The van der Waals surface area contributed by atoms with Gasteiger partial charge < -0.3 is 15.1 Å². The topological polar surface area (TPSA) is 62.7 Å². The van der Waals surface area contributed by atoms with Crippen LogP contribution in [0.1, 0.15) is 44.3 Å². The Morgan fingerprint density at radius 3 is 2.67 bits per heavy atom. The second-order valence-electron chi connectivity index (χ2n) is 5.86. The number of nitrogens with two attached hydrogens (primary N) is 1. The maximum atomic E-state index is 11.6. The monoisotopic (exact) mass is 293 g/mol. The van der Waals surface area contributed by atoms with Crippen molar-refractivity contribution in [1.29, 1.82) is 0 Å². The van der Waals surface area contributed by atoms with Crippen molar-refractivity contribution >= 4 is 5.91 Å². The minimum atomic E-state index is 0.0411. The van der Waals surface area contributed by atoms with Gasteiger partial charge in [-0.05, 0) is 31.9 Å². The molecule has 2 unspecified atom stereocenters. The summed E-state index contributed by atoms with van der Waals surface area (Å²) < 4.78 is 5.83. The van der Waals surface area contributed by atoms with Crippen LogP contribution in [0.5, 0.6) is 0 Å². The van der Waals surface area contributed by atoms with Crippen LogP contribution < -0.4 is 5.73 Å². The predicted molar refractivity (Wildman–Crippen MR) is 82.9 cm³/mol. The summed E-state index contributed by atoms with van der Waals surface area (Å²) in [6, 6.07) is 4.16. The van der Waals surface area contributed by atoms with Crippen LogP contribution in [-0.2, 0) is 4.79 Å². The Balaban J connectivity index is 2.15. The maximum Gasteiger partial charge on any atom is 0.219 e. The van der Waals surface area contributed by atoms with Crippen LogP contribution in [0.3, 0.4) is 0 Å². The number of hydrogen-bond acceptors (Lipinski definition) is 4. The average molecular weight is 293 g/mol. The molecule has 0 aliphatic carbocycles. The average Bonchev–Trinajstić information content (AvgIpc) is 2.73. The van der Waals surface area contributed by atoms with Crippen molar-refractivity contribution in [3.05, 3.63) is 23.7 Å². The van der Waals surface area contributed by atoms with Crippen LogP contribution in [0.4, 0.5) is 0 Å². The smallest absolute Gasteiger partial charge is 0.219 e. The molecule has 1 aromatic rings. The number of nitrogens with zero attached hydrogens (tertiary/aromatic N) is 2. The van der Waals surface area contributed by atoms with E-state index in [1.807, 2.05) is 24.0 Å². The first-order chi connectivity index (χ1) is 10.0. The van der Waals surface area contributed by atoms with E-state index in [0.717, 1.165) is 50.5 Å². The zero-order chi connectivity index (χ0) is 15.4. The van der Waals surface area contributed by atoms with E-state index in [-0.39, 0.29) is 18.0 Å². The molecule has 1 aliphatic rings. The van der Waals surface area contributed by atoms with Gasteiger partial charge in [0.25, 0.3) is 0 Å². The first-order valence-electron chi connectivity index (χ1n) is 7.84. The SMILES string of the molecule is CCC(N)C(c1ccc(C)o1)N1CCCN(C(C)=O)CC1. The Bertz CT molecular complexity index is 472. The van der Waals surface area contributed by atoms with Crippen LogP contribution in [-0.4, -0.2) is 47.9 Å². The molecule has 1 aliphatic heterocycles. The van der Waals surface area contributed by atoms with Gasteiger partial charge in [0.05, 0.1) is 6.04 Å². The van der Waals surface area contributed by atoms with Crippen LogP contribution in [0.15, 0.2) is 16.5 Å². The number of hydrogen-bond donors (Lipinski definition) is 1. The number of carbonyl (C=O) groups excluding carboxylic acids is 1. The van der Waals surface area contributed by atoms with Gasteiger partial charge in [0, 0.05) is 39.1 Å². The van der Waals surface area contributed by atoms with Crippen molar-refractivity contribution in [1.82, 2.24) is 9.80 Å². The lowest BCUT2D eigenvalue weighted by Gasteiger charge is -2.33. The van der Waals surface area contributed by atoms with E-state index in [1.165, 1.54) is 0 Å². The summed E-state index contributed by atoms with van der Waals surface area (Å²) in [5.41, 5.74) is 6.35. The van der Waals surface area contributed by atoms with E-state index >= 15 is 0 Å². The van der Waals surface area contributed by atoms with Gasteiger partial charge in [0.15, 0.2) is 0 Å². The van der Waals surface area contributed by atoms with Crippen molar-refractivity contribution in [2.24, 2.45) is 5.73 Å². The second kappa shape index (κ2) is 7.09. The molecule has 2 atom stereocenters. The zero-order valence-corrected chi connectivity index (χ0v) is 13.3. The number of rotatable bonds is 4. The van der Waals surface area contributed by atoms with Gasteiger partial charge in [0.1, 0.15) is 11.5 Å². The lowest BCUT2D eigenvalue weighted by Crippen LogP contribution is -2.42. The molecule has 1 fully saturated rings. The van der Waals surface area contributed by atoms with Crippen molar-refractivity contribution in [3.63, 3.8) is 0 Å². The molecular weight excluding hydrogens is 266 g/mol. The Kier molecular flexibility index (Phi) is 5.42. The van der Waals surface area contributed by atoms with Gasteiger partial charge in [-0.2, -0.15) is 0 Å². The van der Waals surface area contributed by atoms with Crippen molar-refractivity contribution in [2.75, 3.05) is 26.2 Å². The van der Waals surface area contributed by atoms with Gasteiger partial charge in [0.2, 0.25) is 5.91 Å². The van der Waals surface area contributed by atoms with E-state index in [4.69, 9.17) is 10.2 Å². The fourth-order valence-electron chi connectivity index (χ4n) is 3.03. The summed E-state index contributed by atoms with van der Waals surface area (Å²) in [5.74, 6) is 2.01. The largest absolute Gasteiger partial charge is 0.465 e. The molecule has 2 heterocycles. The van der Waals surface area contributed by atoms with Crippen LogP contribution >= 0.6 is 0 Å². The molecule has 2 rings (SSSR count). The standard InChI is InChI=1S/C16H27N3O2/c1-4-14(17)16(15-7-6-12(2)21-15)19-9-5-8-18(10-11-19)13(3)20/h6-7,14,16H,4-5,8-11,17H2,1-3H3. The van der Waals surface area contributed by atoms with Gasteiger partial charge in [-0.1, -0.05) is 6.92 Å². The van der Waals surface area contributed by atoms with E-state index in [0.29, 0.717) is 0 Å². The number of carbonyl (C=O) groups is 1. The van der Waals surface area contributed by atoms with E-state index < -0.39 is 0 Å². The summed E-state index contributed by atoms with van der Waals surface area (Å²) in [6.45, 7) is 9.09. The third-order valence-electron chi connectivity index (χ3n) is 4.30. The fourth-order valence-corrected chi connectivity index (χ4v) is 3.03. The normalized spacial score (nSPS) is 20.1. The molecule has 0 saturated carbocycles. The molecule has 1 saturated heterocycles. The van der Waals surface area contributed by atoms with Gasteiger partial charge in [-0.3, -0.25) is 9.69 Å². The molecule has 0 spiro atoms. The molecule has 0 bridgehead atoms. The highest BCUT2D eigenvalue weighted by atomic mass is 16.3. The first-order valence-corrected chi connectivity index (χ1v) is 7.84. The molecule has 1 aromatic heterocycles. The molecular formula is C16H27N3O2. The zero-order valence-electron chi connectivity index (χ0n) is 13.3. The van der Waals surface area contributed by atoms with E-state index in [1.54, 1.807) is 6.92 Å². The maximum absolute atomic E-state index is 11.6. The quantitative estimate of drug-likeness (QED) is 0.921. The fraction of sp³-hybridized carbons (Fsp3) is 0.688. The van der Waals surface area contributed by atoms with Crippen LogP contribution in [0.2, 0.25) is 0 Å². The first kappa shape index (κ1) is 16.0. The van der Waals surface area contributed by atoms with Crippen LogP contribution in [0, 0.1) is 6.92 Å².